The number of nitrogens with one attached hydrogen (secondary N) is 1. The van der Waals surface area contributed by atoms with Crippen LogP contribution in [0.1, 0.15) is 11.1 Å². The van der Waals surface area contributed by atoms with Gasteiger partial charge in [-0.05, 0) is 13.0 Å². The number of nitro benzene ring substituents is 1. The van der Waals surface area contributed by atoms with Crippen LogP contribution in [0.5, 0.6) is 0 Å². The molecule has 0 atom stereocenters. The normalized spacial score (nSPS) is 11.8. The third-order valence-electron chi connectivity index (χ3n) is 3.10. The van der Waals surface area contributed by atoms with Crippen molar-refractivity contribution in [3.8, 4) is 0 Å². The third-order valence-corrected chi connectivity index (χ3v) is 5.05. The lowest BCUT2D eigenvalue weighted by molar-refractivity contribution is -0.385. The molecule has 1 heterocycles. The highest BCUT2D eigenvalue weighted by atomic mass is 32.2. The molecule has 1 aromatic carbocycles. The standard InChI is InChI=1S/C12H14N4O4S/c1-9-11(16(17)18)4-3-5-12(9)21(19,20)15(2)8-10-6-13-14-7-10/h3-7H,8H2,1-2H3,(H,13,14). The number of aromatic nitrogens is 2. The van der Waals surface area contributed by atoms with E-state index in [0.717, 1.165) is 4.31 Å². The van der Waals surface area contributed by atoms with Gasteiger partial charge in [0.2, 0.25) is 10.0 Å². The average molecular weight is 310 g/mol. The highest BCUT2D eigenvalue weighted by Gasteiger charge is 2.26. The minimum atomic E-state index is -3.81. The molecule has 0 saturated heterocycles. The Kier molecular flexibility index (Phi) is 4.05. The maximum Gasteiger partial charge on any atom is 0.273 e. The number of rotatable bonds is 5. The smallest absolute Gasteiger partial charge is 0.273 e. The number of sulfonamides is 1. The van der Waals surface area contributed by atoms with E-state index in [1.165, 1.54) is 38.4 Å². The van der Waals surface area contributed by atoms with Crippen molar-refractivity contribution < 1.29 is 13.3 Å². The molecule has 0 bridgehead atoms. The molecule has 112 valence electrons. The molecule has 21 heavy (non-hydrogen) atoms. The monoisotopic (exact) mass is 310 g/mol. The number of nitro groups is 1. The van der Waals surface area contributed by atoms with Gasteiger partial charge in [-0.2, -0.15) is 9.40 Å². The number of H-pyrrole nitrogens is 1. The first-order valence-corrected chi connectivity index (χ1v) is 7.46. The van der Waals surface area contributed by atoms with Gasteiger partial charge in [0.1, 0.15) is 0 Å². The molecule has 9 heteroatoms. The second-order valence-electron chi connectivity index (χ2n) is 4.53. The highest BCUT2D eigenvalue weighted by Crippen LogP contribution is 2.27. The maximum atomic E-state index is 12.5. The van der Waals surface area contributed by atoms with Crippen molar-refractivity contribution in [3.63, 3.8) is 0 Å². The summed E-state index contributed by atoms with van der Waals surface area (Å²) in [5, 5.41) is 17.3. The summed E-state index contributed by atoms with van der Waals surface area (Å²) in [5.74, 6) is 0. The van der Waals surface area contributed by atoms with Crippen LogP contribution in [0.4, 0.5) is 5.69 Å². The summed E-state index contributed by atoms with van der Waals surface area (Å²) < 4.78 is 26.2. The van der Waals surface area contributed by atoms with E-state index in [1.807, 2.05) is 0 Å². The predicted molar refractivity (Wildman–Crippen MR) is 75.1 cm³/mol. The van der Waals surface area contributed by atoms with Gasteiger partial charge in [0.05, 0.1) is 16.0 Å². The lowest BCUT2D eigenvalue weighted by Crippen LogP contribution is -2.27. The fourth-order valence-corrected chi connectivity index (χ4v) is 3.35. The zero-order valence-electron chi connectivity index (χ0n) is 11.5. The Balaban J connectivity index is 2.40. The molecule has 0 amide bonds. The molecule has 0 radical (unpaired) electrons. The fraction of sp³-hybridized carbons (Fsp3) is 0.250. The van der Waals surface area contributed by atoms with Crippen molar-refractivity contribution in [2.75, 3.05) is 7.05 Å². The van der Waals surface area contributed by atoms with Crippen molar-refractivity contribution >= 4 is 15.7 Å². The number of aromatic amines is 1. The summed E-state index contributed by atoms with van der Waals surface area (Å²) in [6.07, 6.45) is 3.11. The van der Waals surface area contributed by atoms with Crippen LogP contribution in [-0.4, -0.2) is 34.9 Å². The van der Waals surface area contributed by atoms with Crippen LogP contribution in [0.25, 0.3) is 0 Å². The molecule has 1 aromatic heterocycles. The molecule has 0 spiro atoms. The summed E-state index contributed by atoms with van der Waals surface area (Å²) in [4.78, 5) is 10.3. The lowest BCUT2D eigenvalue weighted by Gasteiger charge is -2.17. The van der Waals surface area contributed by atoms with Gasteiger partial charge in [0.25, 0.3) is 5.69 Å². The third kappa shape index (κ3) is 2.93. The van der Waals surface area contributed by atoms with Crippen LogP contribution in [0.3, 0.4) is 0 Å². The van der Waals surface area contributed by atoms with Crippen LogP contribution in [-0.2, 0) is 16.6 Å². The van der Waals surface area contributed by atoms with E-state index in [2.05, 4.69) is 10.2 Å². The van der Waals surface area contributed by atoms with Gasteiger partial charge in [0, 0.05) is 37.0 Å². The lowest BCUT2D eigenvalue weighted by atomic mass is 10.2. The zero-order chi connectivity index (χ0) is 15.6. The molecular weight excluding hydrogens is 296 g/mol. The van der Waals surface area contributed by atoms with Gasteiger partial charge < -0.3 is 0 Å². The fourth-order valence-electron chi connectivity index (χ4n) is 1.95. The Bertz CT molecular complexity index is 756. The number of hydrogen-bond acceptors (Lipinski definition) is 5. The van der Waals surface area contributed by atoms with Crippen LogP contribution in [0, 0.1) is 17.0 Å². The average Bonchev–Trinajstić information content (AvgIpc) is 2.91. The first-order chi connectivity index (χ1) is 9.84. The number of nitrogens with zero attached hydrogens (tertiary/aromatic N) is 3. The van der Waals surface area contributed by atoms with E-state index >= 15 is 0 Å². The second-order valence-corrected chi connectivity index (χ2v) is 6.54. The number of benzene rings is 1. The molecule has 0 aliphatic rings. The van der Waals surface area contributed by atoms with Gasteiger partial charge in [-0.25, -0.2) is 8.42 Å². The predicted octanol–water partition coefficient (Wildman–Crippen LogP) is 1.45. The van der Waals surface area contributed by atoms with Crippen molar-refractivity contribution in [1.82, 2.24) is 14.5 Å². The van der Waals surface area contributed by atoms with Gasteiger partial charge in [-0.3, -0.25) is 15.2 Å². The molecule has 1 N–H and O–H groups in total. The summed E-state index contributed by atoms with van der Waals surface area (Å²) in [7, 11) is -2.40. The van der Waals surface area contributed by atoms with Crippen molar-refractivity contribution in [3.05, 3.63) is 51.8 Å². The van der Waals surface area contributed by atoms with Crippen LogP contribution >= 0.6 is 0 Å². The molecular formula is C12H14N4O4S. The van der Waals surface area contributed by atoms with Gasteiger partial charge in [-0.15, -0.1) is 0 Å². The van der Waals surface area contributed by atoms with Crippen molar-refractivity contribution in [2.24, 2.45) is 0 Å². The SMILES string of the molecule is Cc1c([N+](=O)[O-])cccc1S(=O)(=O)N(C)Cc1cn[nH]c1. The summed E-state index contributed by atoms with van der Waals surface area (Å²) in [5.41, 5.74) is 0.610. The molecule has 0 aliphatic heterocycles. The maximum absolute atomic E-state index is 12.5. The second kappa shape index (κ2) is 5.62. The van der Waals surface area contributed by atoms with Crippen LogP contribution < -0.4 is 0 Å². The topological polar surface area (TPSA) is 109 Å². The first-order valence-electron chi connectivity index (χ1n) is 6.02. The van der Waals surface area contributed by atoms with Gasteiger partial charge in [-0.1, -0.05) is 6.07 Å². The Morgan fingerprint density at radius 1 is 1.43 bits per heavy atom. The summed E-state index contributed by atoms with van der Waals surface area (Å²) in [6, 6.07) is 4.01. The summed E-state index contributed by atoms with van der Waals surface area (Å²) in [6.45, 7) is 1.55. The molecule has 0 saturated carbocycles. The van der Waals surface area contributed by atoms with E-state index in [0.29, 0.717) is 5.56 Å². The summed E-state index contributed by atoms with van der Waals surface area (Å²) >= 11 is 0. The van der Waals surface area contributed by atoms with Gasteiger partial charge >= 0.3 is 0 Å². The molecule has 2 aromatic rings. The van der Waals surface area contributed by atoms with E-state index in [-0.39, 0.29) is 22.7 Å². The molecule has 0 unspecified atom stereocenters. The van der Waals surface area contributed by atoms with E-state index < -0.39 is 14.9 Å². The Morgan fingerprint density at radius 2 is 2.14 bits per heavy atom. The molecule has 0 fully saturated rings. The number of hydrogen-bond donors (Lipinski definition) is 1. The largest absolute Gasteiger partial charge is 0.285 e. The highest BCUT2D eigenvalue weighted by molar-refractivity contribution is 7.89. The quantitative estimate of drug-likeness (QED) is 0.664. The molecule has 8 nitrogen and oxygen atoms in total. The van der Waals surface area contributed by atoms with E-state index in [4.69, 9.17) is 0 Å². The Morgan fingerprint density at radius 3 is 2.71 bits per heavy atom. The van der Waals surface area contributed by atoms with Crippen molar-refractivity contribution in [2.45, 2.75) is 18.4 Å². The minimum absolute atomic E-state index is 0.0669. The Hall–Kier alpha value is -2.26. The minimum Gasteiger partial charge on any atom is -0.285 e. The van der Waals surface area contributed by atoms with E-state index in [9.17, 15) is 18.5 Å². The zero-order valence-corrected chi connectivity index (χ0v) is 12.3. The van der Waals surface area contributed by atoms with Crippen LogP contribution in [0.15, 0.2) is 35.5 Å². The van der Waals surface area contributed by atoms with Crippen molar-refractivity contribution in [1.29, 1.82) is 0 Å². The van der Waals surface area contributed by atoms with Gasteiger partial charge in [0.15, 0.2) is 0 Å². The van der Waals surface area contributed by atoms with E-state index in [1.54, 1.807) is 6.20 Å². The molecule has 2 rings (SSSR count). The first kappa shape index (κ1) is 15.1. The van der Waals surface area contributed by atoms with Crippen LogP contribution in [0.2, 0.25) is 0 Å². The Labute approximate surface area is 121 Å². The molecule has 0 aliphatic carbocycles.